The highest BCUT2D eigenvalue weighted by atomic mass is 28.3. The normalized spacial score (nSPS) is 23.3. The first-order valence-electron chi connectivity index (χ1n) is 9.56. The summed E-state index contributed by atoms with van der Waals surface area (Å²) < 4.78 is 0. The summed E-state index contributed by atoms with van der Waals surface area (Å²) in [7, 11) is -2.18. The van der Waals surface area contributed by atoms with Gasteiger partial charge in [-0.05, 0) is 36.8 Å². The van der Waals surface area contributed by atoms with Crippen LogP contribution in [0.2, 0.25) is 11.1 Å². The van der Waals surface area contributed by atoms with Gasteiger partial charge in [-0.3, -0.25) is 4.79 Å². The van der Waals surface area contributed by atoms with Crippen LogP contribution in [0.1, 0.15) is 40.5 Å². The second-order valence-corrected chi connectivity index (χ2v) is 13.9. The van der Waals surface area contributed by atoms with E-state index in [1.54, 1.807) is 0 Å². The molecule has 2 aromatic carbocycles. The van der Waals surface area contributed by atoms with Gasteiger partial charge in [0.25, 0.3) is 0 Å². The molecule has 2 atom stereocenters. The second-order valence-electron chi connectivity index (χ2n) is 9.05. The number of carbonyl (C=O) groups is 1. The van der Waals surface area contributed by atoms with E-state index in [0.29, 0.717) is 0 Å². The maximum atomic E-state index is 11.9. The van der Waals surface area contributed by atoms with Crippen LogP contribution in [0.3, 0.4) is 0 Å². The van der Waals surface area contributed by atoms with Crippen molar-refractivity contribution >= 4 is 24.4 Å². The van der Waals surface area contributed by atoms with Gasteiger partial charge < -0.3 is 5.11 Å². The van der Waals surface area contributed by atoms with Gasteiger partial charge in [0, 0.05) is 0 Å². The van der Waals surface area contributed by atoms with E-state index in [1.165, 1.54) is 10.4 Å². The number of carboxylic acids is 1. The molecule has 0 radical (unpaired) electrons. The zero-order valence-corrected chi connectivity index (χ0v) is 17.3. The van der Waals surface area contributed by atoms with Crippen LogP contribution in [-0.4, -0.2) is 19.1 Å². The maximum Gasteiger partial charge on any atom is 0.309 e. The average Bonchev–Trinajstić information content (AvgIpc) is 2.61. The van der Waals surface area contributed by atoms with E-state index >= 15 is 0 Å². The van der Waals surface area contributed by atoms with Crippen molar-refractivity contribution in [2.75, 3.05) is 0 Å². The van der Waals surface area contributed by atoms with Gasteiger partial charge in [0.15, 0.2) is 0 Å². The van der Waals surface area contributed by atoms with Crippen LogP contribution < -0.4 is 10.4 Å². The van der Waals surface area contributed by atoms with Gasteiger partial charge in [0.2, 0.25) is 0 Å². The molecule has 0 saturated heterocycles. The van der Waals surface area contributed by atoms with E-state index in [4.69, 9.17) is 0 Å². The summed E-state index contributed by atoms with van der Waals surface area (Å²) in [5, 5.41) is 12.7. The molecule has 0 aromatic heterocycles. The molecule has 1 fully saturated rings. The third kappa shape index (κ3) is 2.92. The Bertz CT molecular complexity index is 724. The first kappa shape index (κ1) is 18.9. The van der Waals surface area contributed by atoms with E-state index in [2.05, 4.69) is 81.4 Å². The average molecular weight is 367 g/mol. The summed E-state index contributed by atoms with van der Waals surface area (Å²) in [6, 6.07) is 22.7. The Hall–Kier alpha value is -1.87. The highest BCUT2D eigenvalue weighted by molar-refractivity contribution is 7.04. The molecule has 3 heteroatoms. The highest BCUT2D eigenvalue weighted by Crippen LogP contribution is 2.53. The molecule has 26 heavy (non-hydrogen) atoms. The Kier molecular flexibility index (Phi) is 4.87. The molecule has 1 aliphatic rings. The van der Waals surface area contributed by atoms with Crippen LogP contribution in [0.5, 0.6) is 0 Å². The molecule has 138 valence electrons. The third-order valence-corrected chi connectivity index (χ3v) is 13.1. The minimum absolute atomic E-state index is 0.0880. The largest absolute Gasteiger partial charge is 0.481 e. The Labute approximate surface area is 158 Å². The highest BCUT2D eigenvalue weighted by Gasteiger charge is 2.56. The number of hydrogen-bond donors (Lipinski definition) is 1. The van der Waals surface area contributed by atoms with Crippen molar-refractivity contribution in [1.82, 2.24) is 0 Å². The summed E-state index contributed by atoms with van der Waals surface area (Å²) in [6.07, 6.45) is 1.82. The Morgan fingerprint density at radius 1 is 1.04 bits per heavy atom. The minimum atomic E-state index is -2.18. The lowest BCUT2D eigenvalue weighted by Gasteiger charge is -2.52. The fourth-order valence-electron chi connectivity index (χ4n) is 4.78. The summed E-state index contributed by atoms with van der Waals surface area (Å²) in [5.41, 5.74) is -0.576. The standard InChI is InChI=1S/C23H30O2Si/c1-22(2,3)26(19-11-7-5-8-12-19,20-13-9-6-10-14-20)17-18-15-16-23(18,4)21(24)25/h5-14,18H,15-17H2,1-4H3,(H,24,25). The molecule has 1 saturated carbocycles. The van der Waals surface area contributed by atoms with E-state index < -0.39 is 19.5 Å². The number of carboxylic acid groups (broad SMARTS) is 1. The van der Waals surface area contributed by atoms with Gasteiger partial charge >= 0.3 is 5.97 Å². The number of aliphatic carboxylic acids is 1. The summed E-state index contributed by atoms with van der Waals surface area (Å²) in [5.74, 6) is -0.391. The van der Waals surface area contributed by atoms with Gasteiger partial charge in [-0.25, -0.2) is 0 Å². The van der Waals surface area contributed by atoms with Crippen LogP contribution in [0, 0.1) is 11.3 Å². The molecular formula is C23H30O2Si. The van der Waals surface area contributed by atoms with Gasteiger partial charge in [-0.1, -0.05) is 91.8 Å². The fraction of sp³-hybridized carbons (Fsp3) is 0.435. The lowest BCUT2D eigenvalue weighted by atomic mass is 9.62. The monoisotopic (exact) mass is 366 g/mol. The zero-order valence-electron chi connectivity index (χ0n) is 16.3. The Balaban J connectivity index is 2.17. The van der Waals surface area contributed by atoms with Gasteiger partial charge in [0.05, 0.1) is 5.41 Å². The van der Waals surface area contributed by atoms with E-state index in [-0.39, 0.29) is 11.0 Å². The molecule has 2 nitrogen and oxygen atoms in total. The number of rotatable bonds is 5. The van der Waals surface area contributed by atoms with Crippen molar-refractivity contribution in [2.24, 2.45) is 11.3 Å². The topological polar surface area (TPSA) is 37.3 Å². The van der Waals surface area contributed by atoms with Crippen LogP contribution in [0.25, 0.3) is 0 Å². The van der Waals surface area contributed by atoms with Gasteiger partial charge in [-0.15, -0.1) is 0 Å². The Morgan fingerprint density at radius 3 is 1.81 bits per heavy atom. The fourth-order valence-corrected chi connectivity index (χ4v) is 10.8. The molecule has 0 aliphatic heterocycles. The number of benzene rings is 2. The molecule has 2 aromatic rings. The minimum Gasteiger partial charge on any atom is -0.481 e. The molecule has 0 amide bonds. The van der Waals surface area contributed by atoms with Crippen molar-refractivity contribution in [3.05, 3.63) is 60.7 Å². The van der Waals surface area contributed by atoms with E-state index in [1.807, 2.05) is 6.92 Å². The van der Waals surface area contributed by atoms with Gasteiger partial charge in [0.1, 0.15) is 8.07 Å². The smallest absolute Gasteiger partial charge is 0.309 e. The second kappa shape index (κ2) is 6.69. The van der Waals surface area contributed by atoms with E-state index in [9.17, 15) is 9.90 Å². The molecule has 2 unspecified atom stereocenters. The number of hydrogen-bond acceptors (Lipinski definition) is 1. The zero-order chi connectivity index (χ0) is 19.0. The summed E-state index contributed by atoms with van der Waals surface area (Å²) in [4.78, 5) is 11.9. The molecular weight excluding hydrogens is 336 g/mol. The van der Waals surface area contributed by atoms with Crippen molar-refractivity contribution < 1.29 is 9.90 Å². The molecule has 1 aliphatic carbocycles. The SMILES string of the molecule is CC1(C(=O)O)CCC1C[Si](c1ccccc1)(c1ccccc1)C(C)(C)C. The predicted octanol–water partition coefficient (Wildman–Crippen LogP) is 4.55. The van der Waals surface area contributed by atoms with Gasteiger partial charge in [-0.2, -0.15) is 0 Å². The van der Waals surface area contributed by atoms with E-state index in [0.717, 1.165) is 18.9 Å². The third-order valence-electron chi connectivity index (χ3n) is 6.77. The van der Waals surface area contributed by atoms with Crippen LogP contribution in [0.4, 0.5) is 0 Å². The molecule has 0 heterocycles. The Morgan fingerprint density at radius 2 is 1.50 bits per heavy atom. The quantitative estimate of drug-likeness (QED) is 0.788. The first-order valence-corrected chi connectivity index (χ1v) is 11.8. The first-order chi connectivity index (χ1) is 12.2. The lowest BCUT2D eigenvalue weighted by Crippen LogP contribution is -2.66. The van der Waals surface area contributed by atoms with Crippen molar-refractivity contribution in [1.29, 1.82) is 0 Å². The molecule has 0 spiro atoms. The van der Waals surface area contributed by atoms with Crippen LogP contribution >= 0.6 is 0 Å². The molecule has 0 bridgehead atoms. The lowest BCUT2D eigenvalue weighted by molar-refractivity contribution is -0.158. The summed E-state index contributed by atoms with van der Waals surface area (Å²) in [6.45, 7) is 8.98. The van der Waals surface area contributed by atoms with Crippen molar-refractivity contribution in [3.63, 3.8) is 0 Å². The van der Waals surface area contributed by atoms with Crippen molar-refractivity contribution in [2.45, 2.75) is 51.6 Å². The maximum absolute atomic E-state index is 11.9. The van der Waals surface area contributed by atoms with Crippen LogP contribution in [0.15, 0.2) is 60.7 Å². The summed E-state index contributed by atoms with van der Waals surface area (Å²) >= 11 is 0. The van der Waals surface area contributed by atoms with Crippen LogP contribution in [-0.2, 0) is 4.79 Å². The predicted molar refractivity (Wildman–Crippen MR) is 111 cm³/mol. The molecule has 3 rings (SSSR count). The van der Waals surface area contributed by atoms with Crippen molar-refractivity contribution in [3.8, 4) is 0 Å². The molecule has 1 N–H and O–H groups in total.